The fourth-order valence-electron chi connectivity index (χ4n) is 4.86. The second-order valence-electron chi connectivity index (χ2n) is 8.93. The highest BCUT2D eigenvalue weighted by Gasteiger charge is 2.29. The Morgan fingerprint density at radius 2 is 1.76 bits per heavy atom. The molecule has 1 saturated carbocycles. The van der Waals surface area contributed by atoms with Gasteiger partial charge in [-0.3, -0.25) is 4.90 Å². The minimum absolute atomic E-state index is 0.0202. The summed E-state index contributed by atoms with van der Waals surface area (Å²) in [6, 6.07) is 7.63. The largest absolute Gasteiger partial charge is 0.379 e. The van der Waals surface area contributed by atoms with Crippen molar-refractivity contribution in [2.45, 2.75) is 49.6 Å². The first kappa shape index (κ1) is 24.2. The molecule has 2 aliphatic rings. The zero-order valence-electron chi connectivity index (χ0n) is 18.9. The number of morpholine rings is 1. The average molecular weight is 616 g/mol. The zero-order chi connectivity index (χ0) is 23.9. The molecule has 1 saturated heterocycles. The van der Waals surface area contributed by atoms with Gasteiger partial charge in [-0.15, -0.1) is 0 Å². The lowest BCUT2D eigenvalue weighted by atomic mass is 9.90. The highest BCUT2D eigenvalue weighted by Crippen LogP contribution is 2.33. The van der Waals surface area contributed by atoms with Gasteiger partial charge in [0, 0.05) is 34.9 Å². The Morgan fingerprint density at radius 3 is 2.44 bits per heavy atom. The van der Waals surface area contributed by atoms with Crippen LogP contribution in [0.5, 0.6) is 0 Å². The lowest BCUT2D eigenvalue weighted by Gasteiger charge is -2.39. The van der Waals surface area contributed by atoms with Crippen LogP contribution in [0.3, 0.4) is 0 Å². The van der Waals surface area contributed by atoms with Gasteiger partial charge < -0.3 is 10.1 Å². The third-order valence-electron chi connectivity index (χ3n) is 6.72. The monoisotopic (exact) mass is 615 g/mol. The van der Waals surface area contributed by atoms with E-state index in [1.165, 1.54) is 3.97 Å². The van der Waals surface area contributed by atoms with Crippen LogP contribution in [0.1, 0.15) is 31.2 Å². The molecule has 3 heterocycles. The van der Waals surface area contributed by atoms with Crippen LogP contribution < -0.4 is 5.32 Å². The Hall–Kier alpha value is -1.47. The molecule has 0 atom stereocenters. The maximum absolute atomic E-state index is 13.4. The van der Waals surface area contributed by atoms with E-state index in [-0.39, 0.29) is 21.9 Å². The van der Waals surface area contributed by atoms with E-state index in [4.69, 9.17) is 16.3 Å². The van der Waals surface area contributed by atoms with Crippen molar-refractivity contribution in [3.05, 3.63) is 44.9 Å². The fourth-order valence-corrected chi connectivity index (χ4v) is 7.30. The SMILES string of the molecule is Cc1ccc(S(=O)(=O)n2cc(I)c3c(NC4CCC(N5CCOCC5)CC4)nc(Cl)nc32)cc1. The summed E-state index contributed by atoms with van der Waals surface area (Å²) in [5, 5.41) is 4.25. The van der Waals surface area contributed by atoms with Gasteiger partial charge in [-0.2, -0.15) is 4.98 Å². The molecule has 11 heteroatoms. The van der Waals surface area contributed by atoms with Crippen LogP contribution in [0.2, 0.25) is 5.28 Å². The maximum atomic E-state index is 13.4. The second-order valence-corrected chi connectivity index (χ2v) is 12.2. The molecule has 0 radical (unpaired) electrons. The Bertz CT molecular complexity index is 1280. The molecule has 1 aliphatic heterocycles. The molecule has 34 heavy (non-hydrogen) atoms. The van der Waals surface area contributed by atoms with Crippen molar-refractivity contribution in [3.63, 3.8) is 0 Å². The predicted molar refractivity (Wildman–Crippen MR) is 141 cm³/mol. The summed E-state index contributed by atoms with van der Waals surface area (Å²) < 4.78 is 34.2. The van der Waals surface area contributed by atoms with Crippen molar-refractivity contribution in [3.8, 4) is 0 Å². The van der Waals surface area contributed by atoms with E-state index in [2.05, 4.69) is 42.8 Å². The summed E-state index contributed by atoms with van der Waals surface area (Å²) in [4.78, 5) is 11.5. The molecule has 1 N–H and O–H groups in total. The van der Waals surface area contributed by atoms with Gasteiger partial charge in [0.25, 0.3) is 10.0 Å². The van der Waals surface area contributed by atoms with E-state index in [9.17, 15) is 8.42 Å². The molecule has 1 aliphatic carbocycles. The third kappa shape index (κ3) is 4.79. The Kier molecular flexibility index (Phi) is 7.04. The van der Waals surface area contributed by atoms with E-state index in [1.54, 1.807) is 30.5 Å². The molecule has 8 nitrogen and oxygen atoms in total. The van der Waals surface area contributed by atoms with Crippen molar-refractivity contribution in [1.29, 1.82) is 0 Å². The van der Waals surface area contributed by atoms with E-state index in [0.29, 0.717) is 17.2 Å². The molecule has 3 aromatic rings. The number of nitrogens with zero attached hydrogens (tertiary/aromatic N) is 4. The standard InChI is InChI=1S/C23H27ClIN5O3S/c1-15-2-8-18(9-3-15)34(31,32)30-14-19(25)20-21(27-23(24)28-22(20)30)26-16-4-6-17(7-5-16)29-10-12-33-13-11-29/h2-3,8-9,14,16-17H,4-7,10-13H2,1H3,(H,26,27,28). The van der Waals surface area contributed by atoms with Gasteiger partial charge in [0.15, 0.2) is 5.65 Å². The number of aryl methyl sites for hydroxylation is 1. The number of rotatable bonds is 5. The first-order valence-corrected chi connectivity index (χ1v) is 14.4. The second kappa shape index (κ2) is 9.88. The number of hydrogen-bond donors (Lipinski definition) is 1. The third-order valence-corrected chi connectivity index (χ3v) is 9.37. The number of nitrogens with one attached hydrogen (secondary N) is 1. The number of benzene rings is 1. The van der Waals surface area contributed by atoms with Crippen LogP contribution in [-0.2, 0) is 14.8 Å². The Morgan fingerprint density at radius 1 is 1.09 bits per heavy atom. The molecule has 2 fully saturated rings. The van der Waals surface area contributed by atoms with Crippen molar-refractivity contribution < 1.29 is 13.2 Å². The van der Waals surface area contributed by atoms with E-state index < -0.39 is 10.0 Å². The van der Waals surface area contributed by atoms with Crippen molar-refractivity contribution in [2.75, 3.05) is 31.6 Å². The normalized spacial score (nSPS) is 22.2. The van der Waals surface area contributed by atoms with Crippen LogP contribution in [0.15, 0.2) is 35.4 Å². The minimum Gasteiger partial charge on any atom is -0.379 e. The number of halogens is 2. The lowest BCUT2D eigenvalue weighted by molar-refractivity contribution is 0.00791. The summed E-state index contributed by atoms with van der Waals surface area (Å²) in [5.74, 6) is 0.590. The predicted octanol–water partition coefficient (Wildman–Crippen LogP) is 4.29. The van der Waals surface area contributed by atoms with E-state index in [0.717, 1.165) is 61.1 Å². The van der Waals surface area contributed by atoms with Gasteiger partial charge in [0.1, 0.15) is 5.82 Å². The van der Waals surface area contributed by atoms with Gasteiger partial charge in [0.05, 0.1) is 23.5 Å². The first-order chi connectivity index (χ1) is 16.3. The summed E-state index contributed by atoms with van der Waals surface area (Å²) >= 11 is 8.41. The first-order valence-electron chi connectivity index (χ1n) is 11.5. The smallest absolute Gasteiger partial charge is 0.269 e. The summed E-state index contributed by atoms with van der Waals surface area (Å²) in [5.41, 5.74) is 1.28. The zero-order valence-corrected chi connectivity index (χ0v) is 22.6. The molecule has 2 aromatic heterocycles. The molecule has 0 spiro atoms. The minimum atomic E-state index is -3.83. The quantitative estimate of drug-likeness (QED) is 0.338. The molecule has 0 unspecified atom stereocenters. The molecule has 1 aromatic carbocycles. The molecular formula is C23H27ClIN5O3S. The molecule has 5 rings (SSSR count). The number of fused-ring (bicyclic) bond motifs is 1. The fraction of sp³-hybridized carbons (Fsp3) is 0.478. The number of aromatic nitrogens is 3. The number of anilines is 1. The van der Waals surface area contributed by atoms with Gasteiger partial charge in [0.2, 0.25) is 5.28 Å². The summed E-state index contributed by atoms with van der Waals surface area (Å²) in [6.07, 6.45) is 5.85. The van der Waals surface area contributed by atoms with Crippen molar-refractivity contribution >= 4 is 61.1 Å². The van der Waals surface area contributed by atoms with Gasteiger partial charge in [-0.05, 0) is 78.9 Å². The van der Waals surface area contributed by atoms with Crippen LogP contribution in [0.25, 0.3) is 11.0 Å². The van der Waals surface area contributed by atoms with E-state index in [1.807, 2.05) is 6.92 Å². The van der Waals surface area contributed by atoms with Crippen molar-refractivity contribution in [2.24, 2.45) is 0 Å². The summed E-state index contributed by atoms with van der Waals surface area (Å²) in [7, 11) is -3.83. The van der Waals surface area contributed by atoms with Crippen LogP contribution in [-0.4, -0.2) is 65.6 Å². The number of hydrogen-bond acceptors (Lipinski definition) is 7. The van der Waals surface area contributed by atoms with Crippen LogP contribution in [0.4, 0.5) is 5.82 Å². The topological polar surface area (TPSA) is 89.4 Å². The Balaban J connectivity index is 1.41. The summed E-state index contributed by atoms with van der Waals surface area (Å²) in [6.45, 7) is 5.56. The molecule has 0 bridgehead atoms. The van der Waals surface area contributed by atoms with Gasteiger partial charge >= 0.3 is 0 Å². The van der Waals surface area contributed by atoms with Crippen molar-refractivity contribution in [1.82, 2.24) is 18.8 Å². The van der Waals surface area contributed by atoms with Gasteiger partial charge in [-0.25, -0.2) is 17.4 Å². The maximum Gasteiger partial charge on any atom is 0.269 e. The average Bonchev–Trinajstić information content (AvgIpc) is 3.17. The molecular weight excluding hydrogens is 589 g/mol. The Labute approximate surface area is 218 Å². The molecule has 182 valence electrons. The van der Waals surface area contributed by atoms with Gasteiger partial charge in [-0.1, -0.05) is 17.7 Å². The van der Waals surface area contributed by atoms with E-state index >= 15 is 0 Å². The lowest BCUT2D eigenvalue weighted by Crippen LogP contribution is -2.46. The highest BCUT2D eigenvalue weighted by molar-refractivity contribution is 14.1. The molecule has 0 amide bonds. The highest BCUT2D eigenvalue weighted by atomic mass is 127. The number of ether oxygens (including phenoxy) is 1. The van der Waals surface area contributed by atoms with Crippen LogP contribution in [0, 0.1) is 10.5 Å². The van der Waals surface area contributed by atoms with Crippen LogP contribution >= 0.6 is 34.2 Å².